The summed E-state index contributed by atoms with van der Waals surface area (Å²) in [6, 6.07) is 3.52. The molecule has 0 bridgehead atoms. The largest absolute Gasteiger partial charge is 0.496 e. The van der Waals surface area contributed by atoms with Crippen molar-refractivity contribution >= 4 is 24.2 Å². The Morgan fingerprint density at radius 1 is 1.65 bits per heavy atom. The van der Waals surface area contributed by atoms with Gasteiger partial charge in [-0.05, 0) is 6.92 Å². The summed E-state index contributed by atoms with van der Waals surface area (Å²) < 4.78 is 15.8. The van der Waals surface area contributed by atoms with E-state index < -0.39 is 12.7 Å². The molecule has 8 heteroatoms. The van der Waals surface area contributed by atoms with E-state index >= 15 is 0 Å². The zero-order valence-corrected chi connectivity index (χ0v) is 11.9. The molecule has 0 spiro atoms. The second-order valence-corrected chi connectivity index (χ2v) is 5.14. The maximum atomic E-state index is 9.79. The topological polar surface area (TPSA) is 97.7 Å². The molecule has 1 heterocycles. The Labute approximate surface area is 122 Å². The van der Waals surface area contributed by atoms with Gasteiger partial charge in [-0.15, -0.1) is 0 Å². The van der Waals surface area contributed by atoms with E-state index in [1.54, 1.807) is 13.0 Å². The van der Waals surface area contributed by atoms with Crippen molar-refractivity contribution in [2.45, 2.75) is 19.1 Å². The number of hydrogen-bond acceptors (Lipinski definition) is 6. The Morgan fingerprint density at radius 2 is 2.35 bits per heavy atom. The second-order valence-electron chi connectivity index (χ2n) is 4.76. The number of ether oxygens (including phenoxy) is 2. The minimum atomic E-state index is -1.13. The van der Waals surface area contributed by atoms with E-state index in [0.717, 1.165) is 0 Å². The Bertz CT molecular complexity index is 574. The van der Waals surface area contributed by atoms with Gasteiger partial charge in [-0.2, -0.15) is 5.26 Å². The van der Waals surface area contributed by atoms with E-state index in [9.17, 15) is 5.02 Å². The van der Waals surface area contributed by atoms with Crippen molar-refractivity contribution in [1.29, 1.82) is 5.26 Å². The van der Waals surface area contributed by atoms with E-state index in [1.165, 1.54) is 7.11 Å². The molecule has 0 aromatic heterocycles. The van der Waals surface area contributed by atoms with Crippen molar-refractivity contribution in [3.05, 3.63) is 16.7 Å². The van der Waals surface area contributed by atoms with Gasteiger partial charge in [0, 0.05) is 17.1 Å². The fourth-order valence-electron chi connectivity index (χ4n) is 1.87. The maximum absolute atomic E-state index is 9.79. The third kappa shape index (κ3) is 2.69. The average Bonchev–Trinajstić information content (AvgIpc) is 2.81. The van der Waals surface area contributed by atoms with Gasteiger partial charge in [0.25, 0.3) is 0 Å². The predicted octanol–water partition coefficient (Wildman–Crippen LogP) is 0.186. The number of nitrogens with zero attached hydrogens (tertiary/aromatic N) is 1. The summed E-state index contributed by atoms with van der Waals surface area (Å²) in [5, 5.41) is 18.9. The lowest BCUT2D eigenvalue weighted by Gasteiger charge is -2.19. The minimum absolute atomic E-state index is 0.0396. The van der Waals surface area contributed by atoms with Gasteiger partial charge in [0.1, 0.15) is 23.6 Å². The predicted molar refractivity (Wildman–Crippen MR) is 74.1 cm³/mol. The van der Waals surface area contributed by atoms with Gasteiger partial charge >= 0.3 is 7.12 Å². The highest BCUT2D eigenvalue weighted by molar-refractivity contribution is 6.65. The van der Waals surface area contributed by atoms with Crippen molar-refractivity contribution in [2.75, 3.05) is 13.7 Å². The Hall–Kier alpha value is -1.46. The van der Waals surface area contributed by atoms with Crippen LogP contribution in [0.1, 0.15) is 12.5 Å². The molecule has 1 aliphatic heterocycles. The first-order valence-corrected chi connectivity index (χ1v) is 6.29. The van der Waals surface area contributed by atoms with Crippen LogP contribution in [0.4, 0.5) is 0 Å². The Morgan fingerprint density at radius 3 is 2.95 bits per heavy atom. The molecule has 1 atom stereocenters. The number of hydrogen-bond donors (Lipinski definition) is 2. The quantitative estimate of drug-likeness (QED) is 0.770. The Balaban J connectivity index is 2.36. The summed E-state index contributed by atoms with van der Waals surface area (Å²) in [6.45, 7) is 1.72. The summed E-state index contributed by atoms with van der Waals surface area (Å²) in [7, 11) is 0.385. The van der Waals surface area contributed by atoms with Crippen LogP contribution in [0, 0.1) is 11.3 Å². The number of benzene rings is 1. The molecule has 1 aromatic carbocycles. The molecule has 106 valence electrons. The van der Waals surface area contributed by atoms with Crippen LogP contribution in [-0.2, 0) is 11.3 Å². The molecule has 3 N–H and O–H groups in total. The molecule has 0 aliphatic carbocycles. The molecule has 1 aromatic rings. The van der Waals surface area contributed by atoms with Crippen molar-refractivity contribution in [3.63, 3.8) is 0 Å². The molecule has 1 aliphatic rings. The van der Waals surface area contributed by atoms with Crippen LogP contribution in [-0.4, -0.2) is 31.4 Å². The smallest absolute Gasteiger partial charge is 0.493 e. The third-order valence-electron chi connectivity index (χ3n) is 2.97. The average molecular weight is 297 g/mol. The highest BCUT2D eigenvalue weighted by atomic mass is 35.5. The summed E-state index contributed by atoms with van der Waals surface area (Å²) in [5.74, 6) is 0.797. The number of halogens is 1. The number of nitrogens with two attached hydrogens (primary N) is 1. The van der Waals surface area contributed by atoms with Crippen LogP contribution in [0.15, 0.2) is 6.07 Å². The van der Waals surface area contributed by atoms with Crippen molar-refractivity contribution in [1.82, 2.24) is 0 Å². The zero-order chi connectivity index (χ0) is 14.9. The van der Waals surface area contributed by atoms with Gasteiger partial charge in [0.15, 0.2) is 0 Å². The highest BCUT2D eigenvalue weighted by Crippen LogP contribution is 2.34. The number of methoxy groups -OCH3 is 1. The van der Waals surface area contributed by atoms with Crippen LogP contribution < -0.4 is 20.7 Å². The van der Waals surface area contributed by atoms with Crippen molar-refractivity contribution in [3.8, 4) is 17.6 Å². The number of nitriles is 1. The fraction of sp³-hybridized carbons (Fsp3) is 0.417. The first-order valence-electron chi connectivity index (χ1n) is 5.91. The molecule has 0 saturated heterocycles. The van der Waals surface area contributed by atoms with Crippen molar-refractivity contribution < 1.29 is 19.2 Å². The summed E-state index contributed by atoms with van der Waals surface area (Å²) in [5.41, 5.74) is 5.67. The van der Waals surface area contributed by atoms with E-state index in [4.69, 9.17) is 36.7 Å². The second kappa shape index (κ2) is 5.50. The van der Waals surface area contributed by atoms with Crippen LogP contribution in [0.5, 0.6) is 11.5 Å². The molecule has 0 fully saturated rings. The molecule has 20 heavy (non-hydrogen) atoms. The van der Waals surface area contributed by atoms with Crippen LogP contribution in [0.3, 0.4) is 0 Å². The van der Waals surface area contributed by atoms with Gasteiger partial charge in [0.05, 0.1) is 24.8 Å². The standard InChI is InChI=1S/C12H14BClN2O4/c1-12(16,5-15)6-19-9-3-8(18-2)7-4-20-13(17)10(7)11(9)14/h3,17H,4,6,16H2,1-2H3/t12-/m1/s1. The van der Waals surface area contributed by atoms with Crippen LogP contribution in [0.2, 0.25) is 5.02 Å². The molecule has 0 saturated carbocycles. The minimum Gasteiger partial charge on any atom is -0.496 e. The van der Waals surface area contributed by atoms with Gasteiger partial charge < -0.3 is 24.9 Å². The first kappa shape index (κ1) is 14.9. The lowest BCUT2D eigenvalue weighted by molar-refractivity contribution is 0.263. The fourth-order valence-corrected chi connectivity index (χ4v) is 2.18. The van der Waals surface area contributed by atoms with Gasteiger partial charge in [-0.1, -0.05) is 11.6 Å². The monoisotopic (exact) mass is 296 g/mol. The van der Waals surface area contributed by atoms with Crippen LogP contribution >= 0.6 is 11.6 Å². The van der Waals surface area contributed by atoms with Gasteiger partial charge in [-0.3, -0.25) is 0 Å². The molecule has 2 rings (SSSR count). The molecular weight excluding hydrogens is 282 g/mol. The summed E-state index contributed by atoms with van der Waals surface area (Å²) in [6.07, 6.45) is 0. The van der Waals surface area contributed by atoms with Gasteiger partial charge in [-0.25, -0.2) is 0 Å². The van der Waals surface area contributed by atoms with E-state index in [-0.39, 0.29) is 18.2 Å². The lowest BCUT2D eigenvalue weighted by atomic mass is 9.79. The Kier molecular flexibility index (Phi) is 4.11. The normalized spacial score (nSPS) is 16.3. The van der Waals surface area contributed by atoms with E-state index in [1.807, 2.05) is 6.07 Å². The maximum Gasteiger partial charge on any atom is 0.493 e. The zero-order valence-electron chi connectivity index (χ0n) is 11.1. The summed E-state index contributed by atoms with van der Waals surface area (Å²) in [4.78, 5) is 0. The third-order valence-corrected chi connectivity index (χ3v) is 3.36. The highest BCUT2D eigenvalue weighted by Gasteiger charge is 2.35. The van der Waals surface area contributed by atoms with Crippen LogP contribution in [0.25, 0.3) is 0 Å². The van der Waals surface area contributed by atoms with E-state index in [2.05, 4.69) is 0 Å². The number of fused-ring (bicyclic) bond motifs is 1. The molecular formula is C12H14BClN2O4. The van der Waals surface area contributed by atoms with E-state index in [0.29, 0.717) is 22.5 Å². The van der Waals surface area contributed by atoms with Gasteiger partial charge in [0.2, 0.25) is 0 Å². The molecule has 0 amide bonds. The SMILES string of the molecule is COc1cc(OC[C@](C)(N)C#N)c(Cl)c2c1COB2O. The first-order chi connectivity index (χ1) is 9.39. The lowest BCUT2D eigenvalue weighted by Crippen LogP contribution is -2.41. The molecule has 0 unspecified atom stereocenters. The number of rotatable bonds is 4. The summed E-state index contributed by atoms with van der Waals surface area (Å²) >= 11 is 6.21. The molecule has 0 radical (unpaired) electrons. The molecule has 6 nitrogen and oxygen atoms in total. The van der Waals surface area contributed by atoms with Crippen molar-refractivity contribution in [2.24, 2.45) is 5.73 Å².